The van der Waals surface area contributed by atoms with Crippen LogP contribution in [0.5, 0.6) is 0 Å². The minimum atomic E-state index is -0.403. The van der Waals surface area contributed by atoms with Gasteiger partial charge in [0.25, 0.3) is 0 Å². The summed E-state index contributed by atoms with van der Waals surface area (Å²) >= 11 is 0. The van der Waals surface area contributed by atoms with Crippen LogP contribution >= 0.6 is 0 Å². The van der Waals surface area contributed by atoms with Crippen molar-refractivity contribution in [2.45, 2.75) is 58.6 Å². The number of nitrogens with zero attached hydrogens (tertiary/aromatic N) is 1. The van der Waals surface area contributed by atoms with Crippen molar-refractivity contribution in [3.05, 3.63) is 0 Å². The van der Waals surface area contributed by atoms with E-state index < -0.39 is 5.60 Å². The average molecular weight is 254 g/mol. The summed E-state index contributed by atoms with van der Waals surface area (Å²) in [6.07, 6.45) is 3.24. The Labute approximate surface area is 110 Å². The SMILES string of the molecule is CC(N)C1CC12CCN(C(=O)OC(C)(C)C)CC2. The number of hydrogen-bond acceptors (Lipinski definition) is 3. The third kappa shape index (κ3) is 2.79. The molecule has 1 amide bonds. The first-order chi connectivity index (χ1) is 8.23. The topological polar surface area (TPSA) is 55.6 Å². The fraction of sp³-hybridized carbons (Fsp3) is 0.929. The second kappa shape index (κ2) is 4.41. The van der Waals surface area contributed by atoms with Crippen molar-refractivity contribution in [3.63, 3.8) is 0 Å². The molecule has 1 heterocycles. The van der Waals surface area contributed by atoms with Crippen LogP contribution in [0.1, 0.15) is 47.0 Å². The van der Waals surface area contributed by atoms with Gasteiger partial charge < -0.3 is 15.4 Å². The zero-order valence-electron chi connectivity index (χ0n) is 12.0. The van der Waals surface area contributed by atoms with Gasteiger partial charge >= 0.3 is 6.09 Å². The summed E-state index contributed by atoms with van der Waals surface area (Å²) in [6, 6.07) is 0.290. The van der Waals surface area contributed by atoms with E-state index in [0.717, 1.165) is 25.9 Å². The van der Waals surface area contributed by atoms with Gasteiger partial charge in [0.1, 0.15) is 5.60 Å². The van der Waals surface area contributed by atoms with Gasteiger partial charge in [-0.3, -0.25) is 0 Å². The largest absolute Gasteiger partial charge is 0.444 e. The van der Waals surface area contributed by atoms with Crippen LogP contribution in [0.2, 0.25) is 0 Å². The fourth-order valence-corrected chi connectivity index (χ4v) is 3.16. The molecule has 104 valence electrons. The predicted octanol–water partition coefficient (Wildman–Crippen LogP) is 2.37. The lowest BCUT2D eigenvalue weighted by Gasteiger charge is -2.34. The Hall–Kier alpha value is -0.770. The Morgan fingerprint density at radius 1 is 1.39 bits per heavy atom. The van der Waals surface area contributed by atoms with E-state index in [9.17, 15) is 4.79 Å². The van der Waals surface area contributed by atoms with E-state index >= 15 is 0 Å². The molecule has 2 rings (SSSR count). The number of piperidine rings is 1. The number of amides is 1. The Morgan fingerprint density at radius 3 is 2.33 bits per heavy atom. The van der Waals surface area contributed by atoms with Crippen molar-refractivity contribution in [3.8, 4) is 0 Å². The standard InChI is InChI=1S/C14H26N2O2/c1-10(15)11-9-14(11)5-7-16(8-6-14)12(17)18-13(2,3)4/h10-11H,5-9,15H2,1-4H3. The molecule has 1 saturated heterocycles. The van der Waals surface area contributed by atoms with Crippen LogP contribution in [0, 0.1) is 11.3 Å². The summed E-state index contributed by atoms with van der Waals surface area (Å²) in [5, 5.41) is 0. The van der Waals surface area contributed by atoms with E-state index in [1.54, 1.807) is 0 Å². The van der Waals surface area contributed by atoms with E-state index in [0.29, 0.717) is 11.3 Å². The molecule has 2 aliphatic rings. The van der Waals surface area contributed by atoms with Gasteiger partial charge in [0, 0.05) is 19.1 Å². The van der Waals surface area contributed by atoms with Crippen LogP contribution in [0.15, 0.2) is 0 Å². The fourth-order valence-electron chi connectivity index (χ4n) is 3.16. The van der Waals surface area contributed by atoms with E-state index in [1.165, 1.54) is 6.42 Å². The number of hydrogen-bond donors (Lipinski definition) is 1. The number of nitrogens with two attached hydrogens (primary N) is 1. The summed E-state index contributed by atoms with van der Waals surface area (Å²) in [5.41, 5.74) is 6.01. The highest BCUT2D eigenvalue weighted by Gasteiger charge is 2.56. The van der Waals surface area contributed by atoms with Gasteiger partial charge in [-0.25, -0.2) is 4.79 Å². The van der Waals surface area contributed by atoms with Crippen molar-refractivity contribution in [2.75, 3.05) is 13.1 Å². The summed E-state index contributed by atoms with van der Waals surface area (Å²) < 4.78 is 5.40. The van der Waals surface area contributed by atoms with Gasteiger partial charge in [-0.05, 0) is 58.3 Å². The maximum atomic E-state index is 11.9. The summed E-state index contributed by atoms with van der Waals surface area (Å²) in [7, 11) is 0. The molecule has 0 radical (unpaired) electrons. The molecule has 1 saturated carbocycles. The average Bonchev–Trinajstić information content (AvgIpc) is 2.91. The highest BCUT2D eigenvalue weighted by molar-refractivity contribution is 5.68. The summed E-state index contributed by atoms with van der Waals surface area (Å²) in [4.78, 5) is 13.8. The molecular weight excluding hydrogens is 228 g/mol. The van der Waals surface area contributed by atoms with Crippen molar-refractivity contribution in [2.24, 2.45) is 17.1 Å². The van der Waals surface area contributed by atoms with Crippen LogP contribution in [-0.4, -0.2) is 35.7 Å². The summed E-state index contributed by atoms with van der Waals surface area (Å²) in [5.74, 6) is 0.665. The van der Waals surface area contributed by atoms with Gasteiger partial charge in [0.2, 0.25) is 0 Å². The molecular formula is C14H26N2O2. The number of rotatable bonds is 1. The minimum Gasteiger partial charge on any atom is -0.444 e. The Kier molecular flexibility index (Phi) is 3.34. The highest BCUT2D eigenvalue weighted by atomic mass is 16.6. The van der Waals surface area contributed by atoms with E-state index in [2.05, 4.69) is 6.92 Å². The van der Waals surface area contributed by atoms with Crippen molar-refractivity contribution in [1.29, 1.82) is 0 Å². The molecule has 2 fully saturated rings. The first-order valence-electron chi connectivity index (χ1n) is 6.97. The minimum absolute atomic E-state index is 0.171. The van der Waals surface area contributed by atoms with Gasteiger partial charge in [0.15, 0.2) is 0 Å². The Balaban J connectivity index is 1.83. The molecule has 0 bridgehead atoms. The Bertz CT molecular complexity index is 325. The molecule has 4 nitrogen and oxygen atoms in total. The zero-order chi connectivity index (χ0) is 13.6. The van der Waals surface area contributed by atoms with Crippen LogP contribution in [-0.2, 0) is 4.74 Å². The third-order valence-electron chi connectivity index (χ3n) is 4.30. The number of likely N-dealkylation sites (tertiary alicyclic amines) is 1. The van der Waals surface area contributed by atoms with Crippen LogP contribution in [0.4, 0.5) is 4.79 Å². The quantitative estimate of drug-likeness (QED) is 0.781. The summed E-state index contributed by atoms with van der Waals surface area (Å²) in [6.45, 7) is 9.45. The molecule has 0 aromatic carbocycles. The maximum absolute atomic E-state index is 11.9. The van der Waals surface area contributed by atoms with E-state index in [1.807, 2.05) is 25.7 Å². The van der Waals surface area contributed by atoms with Gasteiger partial charge in [0.05, 0.1) is 0 Å². The molecule has 1 aliphatic carbocycles. The molecule has 18 heavy (non-hydrogen) atoms. The monoisotopic (exact) mass is 254 g/mol. The van der Waals surface area contributed by atoms with Crippen molar-refractivity contribution in [1.82, 2.24) is 4.90 Å². The smallest absolute Gasteiger partial charge is 0.410 e. The lowest BCUT2D eigenvalue weighted by Crippen LogP contribution is -2.43. The first kappa shape index (κ1) is 13.7. The van der Waals surface area contributed by atoms with Crippen LogP contribution in [0.3, 0.4) is 0 Å². The van der Waals surface area contributed by atoms with Gasteiger partial charge in [-0.15, -0.1) is 0 Å². The highest BCUT2D eigenvalue weighted by Crippen LogP contribution is 2.60. The molecule has 0 aromatic rings. The second-order valence-electron chi connectivity index (χ2n) is 7.00. The van der Waals surface area contributed by atoms with Gasteiger partial charge in [-0.1, -0.05) is 0 Å². The van der Waals surface area contributed by atoms with E-state index in [4.69, 9.17) is 10.5 Å². The molecule has 2 atom stereocenters. The Morgan fingerprint density at radius 2 is 1.94 bits per heavy atom. The van der Waals surface area contributed by atoms with E-state index in [-0.39, 0.29) is 12.1 Å². The second-order valence-corrected chi connectivity index (χ2v) is 7.00. The lowest BCUT2D eigenvalue weighted by molar-refractivity contribution is 0.0164. The normalized spacial score (nSPS) is 28.1. The molecule has 2 unspecified atom stereocenters. The van der Waals surface area contributed by atoms with Crippen molar-refractivity contribution < 1.29 is 9.53 Å². The predicted molar refractivity (Wildman–Crippen MR) is 71.2 cm³/mol. The number of carbonyl (C=O) groups is 1. The van der Waals surface area contributed by atoms with Crippen LogP contribution < -0.4 is 5.73 Å². The van der Waals surface area contributed by atoms with Crippen molar-refractivity contribution >= 4 is 6.09 Å². The number of ether oxygens (including phenoxy) is 1. The molecule has 0 aromatic heterocycles. The zero-order valence-corrected chi connectivity index (χ0v) is 12.0. The maximum Gasteiger partial charge on any atom is 0.410 e. The first-order valence-corrected chi connectivity index (χ1v) is 6.97. The third-order valence-corrected chi connectivity index (χ3v) is 4.30. The molecule has 1 aliphatic heterocycles. The van der Waals surface area contributed by atoms with Gasteiger partial charge in [-0.2, -0.15) is 0 Å². The number of carbonyl (C=O) groups excluding carboxylic acids is 1. The molecule has 4 heteroatoms. The molecule has 1 spiro atoms. The molecule has 2 N–H and O–H groups in total. The lowest BCUT2D eigenvalue weighted by atomic mass is 9.89. The van der Waals surface area contributed by atoms with Crippen LogP contribution in [0.25, 0.3) is 0 Å².